The summed E-state index contributed by atoms with van der Waals surface area (Å²) >= 11 is 6.85. The second kappa shape index (κ2) is 7.59. The van der Waals surface area contributed by atoms with Gasteiger partial charge in [0.15, 0.2) is 0 Å². The van der Waals surface area contributed by atoms with Crippen molar-refractivity contribution in [3.8, 4) is 5.75 Å². The van der Waals surface area contributed by atoms with Crippen LogP contribution >= 0.6 is 31.9 Å². The van der Waals surface area contributed by atoms with Crippen LogP contribution in [0.1, 0.15) is 11.1 Å². The zero-order valence-corrected chi connectivity index (χ0v) is 14.3. The number of benzene rings is 2. The second-order valence-corrected chi connectivity index (χ2v) is 6.15. The van der Waals surface area contributed by atoms with E-state index in [2.05, 4.69) is 37.3 Å². The number of hydrogen-bond donors (Lipinski definition) is 2. The number of rotatable bonds is 5. The van der Waals surface area contributed by atoms with Gasteiger partial charge in [0.2, 0.25) is 5.91 Å². The number of ether oxygens (including phenoxy) is 1. The van der Waals surface area contributed by atoms with Crippen molar-refractivity contribution in [3.63, 3.8) is 0 Å². The normalized spacial score (nSPS) is 10.2. The van der Waals surface area contributed by atoms with Crippen molar-refractivity contribution >= 4 is 37.8 Å². The third-order valence-electron chi connectivity index (χ3n) is 2.91. The molecule has 21 heavy (non-hydrogen) atoms. The molecule has 2 aromatic carbocycles. The summed E-state index contributed by atoms with van der Waals surface area (Å²) < 4.78 is 7.65. The zero-order chi connectivity index (χ0) is 15.2. The van der Waals surface area contributed by atoms with Gasteiger partial charge in [-0.2, -0.15) is 0 Å². The Balaban J connectivity index is 2.11. The molecule has 0 aliphatic carbocycles. The van der Waals surface area contributed by atoms with Crippen LogP contribution in [0, 0.1) is 0 Å². The Morgan fingerprint density at radius 3 is 2.52 bits per heavy atom. The Morgan fingerprint density at radius 1 is 1.14 bits per heavy atom. The fourth-order valence-electron chi connectivity index (χ4n) is 1.84. The van der Waals surface area contributed by atoms with Gasteiger partial charge in [0.05, 0.1) is 10.9 Å². The SMILES string of the molecule is NNC(=O)Cc1ccccc1COc1ccc(Br)cc1Br. The van der Waals surface area contributed by atoms with Crippen LogP contribution in [0.2, 0.25) is 0 Å². The fraction of sp³-hybridized carbons (Fsp3) is 0.133. The first-order chi connectivity index (χ1) is 10.1. The number of hydrogen-bond acceptors (Lipinski definition) is 3. The van der Waals surface area contributed by atoms with E-state index in [9.17, 15) is 4.79 Å². The first-order valence-corrected chi connectivity index (χ1v) is 7.83. The van der Waals surface area contributed by atoms with Crippen molar-refractivity contribution in [1.29, 1.82) is 0 Å². The average molecular weight is 414 g/mol. The van der Waals surface area contributed by atoms with Crippen molar-refractivity contribution < 1.29 is 9.53 Å². The number of nitrogens with one attached hydrogen (secondary N) is 1. The highest BCUT2D eigenvalue weighted by atomic mass is 79.9. The van der Waals surface area contributed by atoms with E-state index >= 15 is 0 Å². The zero-order valence-electron chi connectivity index (χ0n) is 11.1. The molecule has 0 aliphatic heterocycles. The fourth-order valence-corrected chi connectivity index (χ4v) is 3.00. The van der Waals surface area contributed by atoms with Gasteiger partial charge < -0.3 is 4.74 Å². The Kier molecular flexibility index (Phi) is 5.78. The van der Waals surface area contributed by atoms with E-state index in [1.807, 2.05) is 42.5 Å². The van der Waals surface area contributed by atoms with Crippen LogP contribution in [0.25, 0.3) is 0 Å². The van der Waals surface area contributed by atoms with Crippen molar-refractivity contribution in [2.24, 2.45) is 5.84 Å². The molecule has 0 bridgehead atoms. The van der Waals surface area contributed by atoms with E-state index < -0.39 is 0 Å². The van der Waals surface area contributed by atoms with Crippen LogP contribution in [0.5, 0.6) is 5.75 Å². The first-order valence-electron chi connectivity index (χ1n) is 6.24. The minimum Gasteiger partial charge on any atom is -0.488 e. The van der Waals surface area contributed by atoms with Crippen molar-refractivity contribution in [2.75, 3.05) is 0 Å². The maximum atomic E-state index is 11.4. The highest BCUT2D eigenvalue weighted by Crippen LogP contribution is 2.29. The van der Waals surface area contributed by atoms with Gasteiger partial charge in [0, 0.05) is 4.47 Å². The minimum atomic E-state index is -0.229. The second-order valence-electron chi connectivity index (χ2n) is 4.38. The number of nitrogens with two attached hydrogens (primary N) is 1. The molecule has 110 valence electrons. The smallest absolute Gasteiger partial charge is 0.238 e. The molecule has 0 unspecified atom stereocenters. The van der Waals surface area contributed by atoms with Gasteiger partial charge >= 0.3 is 0 Å². The quantitative estimate of drug-likeness (QED) is 0.449. The van der Waals surface area contributed by atoms with Crippen LogP contribution in [-0.2, 0) is 17.8 Å². The lowest BCUT2D eigenvalue weighted by atomic mass is 10.1. The van der Waals surface area contributed by atoms with Crippen molar-refractivity contribution in [1.82, 2.24) is 5.43 Å². The van der Waals surface area contributed by atoms with Gasteiger partial charge in [-0.1, -0.05) is 40.2 Å². The summed E-state index contributed by atoms with van der Waals surface area (Å²) in [6, 6.07) is 13.3. The molecule has 0 fully saturated rings. The molecular weight excluding hydrogens is 400 g/mol. The maximum Gasteiger partial charge on any atom is 0.238 e. The lowest BCUT2D eigenvalue weighted by Gasteiger charge is -2.12. The van der Waals surface area contributed by atoms with Crippen molar-refractivity contribution in [2.45, 2.75) is 13.0 Å². The monoisotopic (exact) mass is 412 g/mol. The number of hydrazine groups is 1. The van der Waals surface area contributed by atoms with E-state index in [0.29, 0.717) is 6.61 Å². The molecule has 0 radical (unpaired) electrons. The number of carbonyl (C=O) groups excluding carboxylic acids is 1. The summed E-state index contributed by atoms with van der Waals surface area (Å²) in [5, 5.41) is 0. The Labute approximate surface area is 139 Å². The van der Waals surface area contributed by atoms with Crippen LogP contribution < -0.4 is 16.0 Å². The first kappa shape index (κ1) is 16.0. The van der Waals surface area contributed by atoms with E-state index in [4.69, 9.17) is 10.6 Å². The molecule has 0 aliphatic rings. The van der Waals surface area contributed by atoms with Crippen LogP contribution in [0.3, 0.4) is 0 Å². The average Bonchev–Trinajstić information content (AvgIpc) is 2.47. The molecule has 0 saturated carbocycles. The summed E-state index contributed by atoms with van der Waals surface area (Å²) in [7, 11) is 0. The number of amides is 1. The van der Waals surface area contributed by atoms with Gasteiger partial charge in [-0.3, -0.25) is 10.2 Å². The van der Waals surface area contributed by atoms with Gasteiger partial charge in [0.25, 0.3) is 0 Å². The summed E-state index contributed by atoms with van der Waals surface area (Å²) in [6.45, 7) is 0.383. The standard InChI is InChI=1S/C15H14Br2N2O2/c16-12-5-6-14(13(17)8-12)21-9-11-4-2-1-3-10(11)7-15(20)19-18/h1-6,8H,7,9,18H2,(H,19,20). The van der Waals surface area contributed by atoms with Crippen LogP contribution in [0.15, 0.2) is 51.4 Å². The van der Waals surface area contributed by atoms with Gasteiger partial charge in [-0.15, -0.1) is 0 Å². The summed E-state index contributed by atoms with van der Waals surface area (Å²) in [5.74, 6) is 5.64. The number of halogens is 2. The minimum absolute atomic E-state index is 0.229. The predicted molar refractivity (Wildman–Crippen MR) is 88.7 cm³/mol. The molecule has 0 aromatic heterocycles. The molecule has 0 atom stereocenters. The van der Waals surface area contributed by atoms with E-state index in [1.54, 1.807) is 0 Å². The van der Waals surface area contributed by atoms with Gasteiger partial charge in [-0.05, 0) is 45.3 Å². The lowest BCUT2D eigenvalue weighted by Crippen LogP contribution is -2.31. The number of carbonyl (C=O) groups is 1. The Morgan fingerprint density at radius 2 is 1.86 bits per heavy atom. The van der Waals surface area contributed by atoms with E-state index in [1.165, 1.54) is 0 Å². The topological polar surface area (TPSA) is 64.3 Å². The molecule has 0 heterocycles. The van der Waals surface area contributed by atoms with Crippen LogP contribution in [0.4, 0.5) is 0 Å². The van der Waals surface area contributed by atoms with E-state index in [-0.39, 0.29) is 12.3 Å². The molecule has 3 N–H and O–H groups in total. The predicted octanol–water partition coefficient (Wildman–Crippen LogP) is 3.32. The molecule has 6 heteroatoms. The Hall–Kier alpha value is -1.37. The molecule has 4 nitrogen and oxygen atoms in total. The lowest BCUT2D eigenvalue weighted by molar-refractivity contribution is -0.120. The summed E-state index contributed by atoms with van der Waals surface area (Å²) in [4.78, 5) is 11.4. The highest BCUT2D eigenvalue weighted by molar-refractivity contribution is 9.11. The molecule has 0 spiro atoms. The summed E-state index contributed by atoms with van der Waals surface area (Å²) in [5.41, 5.74) is 3.99. The molecule has 2 aromatic rings. The Bertz CT molecular complexity index is 647. The largest absolute Gasteiger partial charge is 0.488 e. The molecule has 0 saturated heterocycles. The third-order valence-corrected chi connectivity index (χ3v) is 4.02. The molecule has 2 rings (SSSR count). The highest BCUT2D eigenvalue weighted by Gasteiger charge is 2.08. The van der Waals surface area contributed by atoms with E-state index in [0.717, 1.165) is 25.8 Å². The third kappa shape index (κ3) is 4.56. The van der Waals surface area contributed by atoms with Gasteiger partial charge in [0.1, 0.15) is 12.4 Å². The molecule has 1 amide bonds. The maximum absolute atomic E-state index is 11.4. The van der Waals surface area contributed by atoms with Crippen LogP contribution in [-0.4, -0.2) is 5.91 Å². The summed E-state index contributed by atoms with van der Waals surface area (Å²) in [6.07, 6.45) is 0.234. The van der Waals surface area contributed by atoms with Gasteiger partial charge in [-0.25, -0.2) is 5.84 Å². The molecular formula is C15H14Br2N2O2. The van der Waals surface area contributed by atoms with Crippen molar-refractivity contribution in [3.05, 3.63) is 62.5 Å².